The van der Waals surface area contributed by atoms with E-state index in [4.69, 9.17) is 4.74 Å². The first kappa shape index (κ1) is 17.5. The SMILES string of the molecule is Cc1cccc(N2CC(C(=O)NCCCOC(C)C)CC2=O)c1. The van der Waals surface area contributed by atoms with Gasteiger partial charge in [-0.2, -0.15) is 0 Å². The minimum absolute atomic E-state index is 0.0129. The van der Waals surface area contributed by atoms with Gasteiger partial charge in [-0.25, -0.2) is 0 Å². The standard InChI is InChI=1S/C18H26N2O3/c1-13(2)23-9-5-8-19-18(22)15-11-17(21)20(12-15)16-7-4-6-14(3)10-16/h4,6-7,10,13,15H,5,8-9,11-12H2,1-3H3,(H,19,22). The number of nitrogens with zero attached hydrogens (tertiary/aromatic N) is 1. The first-order chi connectivity index (χ1) is 11.0. The van der Waals surface area contributed by atoms with Gasteiger partial charge in [-0.3, -0.25) is 9.59 Å². The monoisotopic (exact) mass is 318 g/mol. The van der Waals surface area contributed by atoms with Crippen molar-refractivity contribution in [3.8, 4) is 0 Å². The number of hydrogen-bond donors (Lipinski definition) is 1. The number of rotatable bonds is 7. The third-order valence-corrected chi connectivity index (χ3v) is 3.88. The minimum Gasteiger partial charge on any atom is -0.379 e. The summed E-state index contributed by atoms with van der Waals surface area (Å²) < 4.78 is 5.44. The fourth-order valence-corrected chi connectivity index (χ4v) is 2.68. The van der Waals surface area contributed by atoms with Crippen LogP contribution < -0.4 is 10.2 Å². The summed E-state index contributed by atoms with van der Waals surface area (Å²) in [6.45, 7) is 7.65. The van der Waals surface area contributed by atoms with E-state index in [1.54, 1.807) is 4.90 Å². The van der Waals surface area contributed by atoms with Crippen molar-refractivity contribution in [2.45, 2.75) is 39.7 Å². The molecule has 1 aliphatic heterocycles. The second kappa shape index (κ2) is 8.11. The maximum atomic E-state index is 12.2. The molecule has 1 atom stereocenters. The predicted molar refractivity (Wildman–Crippen MR) is 90.4 cm³/mol. The Kier molecular flexibility index (Phi) is 6.16. The quantitative estimate of drug-likeness (QED) is 0.785. The topological polar surface area (TPSA) is 58.6 Å². The summed E-state index contributed by atoms with van der Waals surface area (Å²) >= 11 is 0. The Bertz CT molecular complexity index is 557. The highest BCUT2D eigenvalue weighted by molar-refractivity contribution is 6.00. The summed E-state index contributed by atoms with van der Waals surface area (Å²) in [4.78, 5) is 26.1. The Labute approximate surface area is 138 Å². The molecule has 0 radical (unpaired) electrons. The molecule has 1 aromatic carbocycles. The molecule has 2 rings (SSSR count). The summed E-state index contributed by atoms with van der Waals surface area (Å²) in [6.07, 6.45) is 1.27. The molecular weight excluding hydrogens is 292 g/mol. The fraction of sp³-hybridized carbons (Fsp3) is 0.556. The van der Waals surface area contributed by atoms with E-state index in [1.165, 1.54) is 0 Å². The van der Waals surface area contributed by atoms with Crippen LogP contribution in [0.2, 0.25) is 0 Å². The molecule has 2 amide bonds. The molecule has 1 aliphatic rings. The Morgan fingerprint density at radius 3 is 2.91 bits per heavy atom. The van der Waals surface area contributed by atoms with E-state index in [1.807, 2.05) is 45.0 Å². The third kappa shape index (κ3) is 5.06. The molecule has 0 bridgehead atoms. The van der Waals surface area contributed by atoms with Crippen LogP contribution in [0.15, 0.2) is 24.3 Å². The Morgan fingerprint density at radius 1 is 1.43 bits per heavy atom. The van der Waals surface area contributed by atoms with E-state index < -0.39 is 0 Å². The van der Waals surface area contributed by atoms with Gasteiger partial charge < -0.3 is 15.0 Å². The lowest BCUT2D eigenvalue weighted by atomic mass is 10.1. The fourth-order valence-electron chi connectivity index (χ4n) is 2.68. The van der Waals surface area contributed by atoms with Crippen LogP contribution in [-0.2, 0) is 14.3 Å². The highest BCUT2D eigenvalue weighted by atomic mass is 16.5. The second-order valence-corrected chi connectivity index (χ2v) is 6.31. The predicted octanol–water partition coefficient (Wildman–Crippen LogP) is 2.28. The van der Waals surface area contributed by atoms with Gasteiger partial charge in [0.25, 0.3) is 0 Å². The smallest absolute Gasteiger partial charge is 0.227 e. The molecule has 23 heavy (non-hydrogen) atoms. The normalized spacial score (nSPS) is 17.8. The highest BCUT2D eigenvalue weighted by Gasteiger charge is 2.34. The van der Waals surface area contributed by atoms with Gasteiger partial charge in [0, 0.05) is 31.8 Å². The van der Waals surface area contributed by atoms with Crippen LogP contribution in [0.25, 0.3) is 0 Å². The zero-order valence-electron chi connectivity index (χ0n) is 14.2. The number of benzene rings is 1. The molecule has 1 heterocycles. The zero-order valence-corrected chi connectivity index (χ0v) is 14.2. The van der Waals surface area contributed by atoms with Crippen molar-refractivity contribution in [2.24, 2.45) is 5.92 Å². The van der Waals surface area contributed by atoms with E-state index in [-0.39, 0.29) is 30.3 Å². The summed E-state index contributed by atoms with van der Waals surface area (Å²) in [5, 5.41) is 2.90. The molecule has 1 unspecified atom stereocenters. The van der Waals surface area contributed by atoms with Gasteiger partial charge >= 0.3 is 0 Å². The van der Waals surface area contributed by atoms with Gasteiger partial charge in [-0.05, 0) is 44.9 Å². The van der Waals surface area contributed by atoms with E-state index in [2.05, 4.69) is 5.32 Å². The van der Waals surface area contributed by atoms with Gasteiger partial charge in [0.2, 0.25) is 11.8 Å². The molecule has 5 heteroatoms. The van der Waals surface area contributed by atoms with Crippen LogP contribution >= 0.6 is 0 Å². The maximum absolute atomic E-state index is 12.2. The number of anilines is 1. The summed E-state index contributed by atoms with van der Waals surface area (Å²) in [5.41, 5.74) is 1.98. The van der Waals surface area contributed by atoms with Crippen molar-refractivity contribution in [1.29, 1.82) is 0 Å². The maximum Gasteiger partial charge on any atom is 0.227 e. The number of carbonyl (C=O) groups is 2. The Hall–Kier alpha value is -1.88. The molecule has 1 fully saturated rings. The Morgan fingerprint density at radius 2 is 2.22 bits per heavy atom. The van der Waals surface area contributed by atoms with Crippen LogP contribution in [0.3, 0.4) is 0 Å². The molecule has 1 saturated heterocycles. The van der Waals surface area contributed by atoms with Crippen LogP contribution in [-0.4, -0.2) is 37.6 Å². The summed E-state index contributed by atoms with van der Waals surface area (Å²) in [7, 11) is 0. The second-order valence-electron chi connectivity index (χ2n) is 6.31. The highest BCUT2D eigenvalue weighted by Crippen LogP contribution is 2.25. The summed E-state index contributed by atoms with van der Waals surface area (Å²) in [5.74, 6) is -0.300. The van der Waals surface area contributed by atoms with Crippen molar-refractivity contribution in [2.75, 3.05) is 24.6 Å². The number of ether oxygens (including phenoxy) is 1. The van der Waals surface area contributed by atoms with Crippen LogP contribution in [0.5, 0.6) is 0 Å². The van der Waals surface area contributed by atoms with Crippen molar-refractivity contribution in [1.82, 2.24) is 5.32 Å². The lowest BCUT2D eigenvalue weighted by Crippen LogP contribution is -2.34. The molecule has 5 nitrogen and oxygen atoms in total. The van der Waals surface area contributed by atoms with Gasteiger partial charge in [0.1, 0.15) is 0 Å². The van der Waals surface area contributed by atoms with Crippen LogP contribution in [0.4, 0.5) is 5.69 Å². The van der Waals surface area contributed by atoms with Gasteiger partial charge in [0.15, 0.2) is 0 Å². The van der Waals surface area contributed by atoms with E-state index in [0.29, 0.717) is 19.7 Å². The van der Waals surface area contributed by atoms with E-state index >= 15 is 0 Å². The average molecular weight is 318 g/mol. The molecule has 0 saturated carbocycles. The third-order valence-electron chi connectivity index (χ3n) is 3.88. The number of nitrogens with one attached hydrogen (secondary N) is 1. The van der Waals surface area contributed by atoms with Gasteiger partial charge in [0.05, 0.1) is 12.0 Å². The van der Waals surface area contributed by atoms with E-state index in [9.17, 15) is 9.59 Å². The van der Waals surface area contributed by atoms with Crippen molar-refractivity contribution >= 4 is 17.5 Å². The molecule has 0 aliphatic carbocycles. The largest absolute Gasteiger partial charge is 0.379 e. The lowest BCUT2D eigenvalue weighted by Gasteiger charge is -2.17. The van der Waals surface area contributed by atoms with Crippen LogP contribution in [0, 0.1) is 12.8 Å². The number of hydrogen-bond acceptors (Lipinski definition) is 3. The first-order valence-corrected chi connectivity index (χ1v) is 8.23. The average Bonchev–Trinajstić information content (AvgIpc) is 2.88. The molecule has 0 spiro atoms. The zero-order chi connectivity index (χ0) is 16.8. The molecule has 1 N–H and O–H groups in total. The van der Waals surface area contributed by atoms with Gasteiger partial charge in [-0.15, -0.1) is 0 Å². The summed E-state index contributed by atoms with van der Waals surface area (Å²) in [6, 6.07) is 7.81. The van der Waals surface area contributed by atoms with E-state index in [0.717, 1.165) is 17.7 Å². The van der Waals surface area contributed by atoms with Crippen molar-refractivity contribution < 1.29 is 14.3 Å². The van der Waals surface area contributed by atoms with Crippen LogP contribution in [0.1, 0.15) is 32.3 Å². The first-order valence-electron chi connectivity index (χ1n) is 8.23. The molecule has 0 aromatic heterocycles. The van der Waals surface area contributed by atoms with Crippen molar-refractivity contribution in [3.63, 3.8) is 0 Å². The van der Waals surface area contributed by atoms with Crippen molar-refractivity contribution in [3.05, 3.63) is 29.8 Å². The van der Waals surface area contributed by atoms with Gasteiger partial charge in [-0.1, -0.05) is 12.1 Å². The molecule has 1 aromatic rings. The number of carbonyl (C=O) groups excluding carboxylic acids is 2. The Balaban J connectivity index is 1.81. The number of amides is 2. The molecular formula is C18H26N2O3. The number of aryl methyl sites for hydroxylation is 1. The minimum atomic E-state index is -0.269. The molecule has 126 valence electrons. The lowest BCUT2D eigenvalue weighted by molar-refractivity contribution is -0.126.